The van der Waals surface area contributed by atoms with E-state index < -0.39 is 6.10 Å². The summed E-state index contributed by atoms with van der Waals surface area (Å²) in [7, 11) is 0. The number of carbonyl (C=O) groups excluding carboxylic acids is 2. The lowest BCUT2D eigenvalue weighted by Gasteiger charge is -2.18. The molecular formula is C51H94O5. The highest BCUT2D eigenvalue weighted by molar-refractivity contribution is 5.70. The van der Waals surface area contributed by atoms with Gasteiger partial charge in [0, 0.05) is 19.4 Å². The smallest absolute Gasteiger partial charge is 0.306 e. The Morgan fingerprint density at radius 1 is 0.411 bits per heavy atom. The van der Waals surface area contributed by atoms with E-state index in [0.29, 0.717) is 19.4 Å². The second kappa shape index (κ2) is 47.5. The number of esters is 2. The van der Waals surface area contributed by atoms with E-state index in [1.807, 2.05) is 0 Å². The lowest BCUT2D eigenvalue weighted by molar-refractivity contribution is -0.163. The molecule has 0 aliphatic carbocycles. The summed E-state index contributed by atoms with van der Waals surface area (Å²) >= 11 is 0. The second-order valence-electron chi connectivity index (χ2n) is 16.4. The third-order valence-electron chi connectivity index (χ3n) is 10.7. The lowest BCUT2D eigenvalue weighted by Crippen LogP contribution is -2.30. The van der Waals surface area contributed by atoms with Crippen molar-refractivity contribution in [2.45, 2.75) is 258 Å². The SMILES string of the molecule is CC/C=C\C/C=C\C/C=C\CCCCCCCCCCOCC(COC(=O)CCCCCCCCCCCCCCCCC)OC(=O)CCCCCCCCC. The highest BCUT2D eigenvalue weighted by Crippen LogP contribution is 2.15. The van der Waals surface area contributed by atoms with E-state index in [-0.39, 0.29) is 25.2 Å². The summed E-state index contributed by atoms with van der Waals surface area (Å²) in [4.78, 5) is 25.2. The molecule has 5 heteroatoms. The first-order valence-electron chi connectivity index (χ1n) is 24.5. The van der Waals surface area contributed by atoms with Gasteiger partial charge in [0.05, 0.1) is 6.61 Å². The summed E-state index contributed by atoms with van der Waals surface area (Å²) in [6, 6.07) is 0. The molecule has 0 spiro atoms. The van der Waals surface area contributed by atoms with Gasteiger partial charge in [0.25, 0.3) is 0 Å². The zero-order valence-corrected chi connectivity index (χ0v) is 37.7. The van der Waals surface area contributed by atoms with Gasteiger partial charge >= 0.3 is 11.9 Å². The molecule has 0 aliphatic rings. The van der Waals surface area contributed by atoms with E-state index >= 15 is 0 Å². The van der Waals surface area contributed by atoms with E-state index in [1.54, 1.807) is 0 Å². The van der Waals surface area contributed by atoms with Gasteiger partial charge in [-0.15, -0.1) is 0 Å². The van der Waals surface area contributed by atoms with Crippen LogP contribution in [0.3, 0.4) is 0 Å². The van der Waals surface area contributed by atoms with Gasteiger partial charge in [-0.2, -0.15) is 0 Å². The molecule has 0 N–H and O–H groups in total. The first kappa shape index (κ1) is 54.1. The number of hydrogen-bond donors (Lipinski definition) is 0. The molecule has 0 aromatic rings. The van der Waals surface area contributed by atoms with Crippen molar-refractivity contribution in [1.29, 1.82) is 0 Å². The van der Waals surface area contributed by atoms with Crippen LogP contribution in [0.4, 0.5) is 0 Å². The highest BCUT2D eigenvalue weighted by Gasteiger charge is 2.17. The molecule has 1 unspecified atom stereocenters. The first-order valence-corrected chi connectivity index (χ1v) is 24.5. The van der Waals surface area contributed by atoms with Crippen molar-refractivity contribution in [2.24, 2.45) is 0 Å². The van der Waals surface area contributed by atoms with Gasteiger partial charge in [-0.05, 0) is 51.4 Å². The van der Waals surface area contributed by atoms with Crippen molar-refractivity contribution in [3.05, 3.63) is 36.5 Å². The first-order chi connectivity index (χ1) is 27.6. The Morgan fingerprint density at radius 2 is 0.804 bits per heavy atom. The monoisotopic (exact) mass is 787 g/mol. The Kier molecular flexibility index (Phi) is 45.9. The third-order valence-corrected chi connectivity index (χ3v) is 10.7. The summed E-state index contributed by atoms with van der Waals surface area (Å²) in [5.41, 5.74) is 0. The predicted molar refractivity (Wildman–Crippen MR) is 242 cm³/mol. The fraction of sp³-hybridized carbons (Fsp3) is 0.843. The van der Waals surface area contributed by atoms with Crippen molar-refractivity contribution in [3.8, 4) is 0 Å². The van der Waals surface area contributed by atoms with Gasteiger partial charge < -0.3 is 14.2 Å². The van der Waals surface area contributed by atoms with Crippen LogP contribution in [0.2, 0.25) is 0 Å². The highest BCUT2D eigenvalue weighted by atomic mass is 16.6. The minimum atomic E-state index is -0.531. The van der Waals surface area contributed by atoms with Crippen LogP contribution >= 0.6 is 0 Å². The summed E-state index contributed by atoms with van der Waals surface area (Å²) in [5.74, 6) is -0.395. The molecule has 0 heterocycles. The second-order valence-corrected chi connectivity index (χ2v) is 16.4. The molecule has 0 fully saturated rings. The molecule has 1 atom stereocenters. The van der Waals surface area contributed by atoms with Gasteiger partial charge in [0.1, 0.15) is 6.61 Å². The number of unbranched alkanes of at least 4 members (excludes halogenated alkanes) is 28. The number of ether oxygens (including phenoxy) is 3. The Balaban J connectivity index is 4.10. The molecule has 56 heavy (non-hydrogen) atoms. The van der Waals surface area contributed by atoms with Gasteiger partial charge in [-0.3, -0.25) is 9.59 Å². The van der Waals surface area contributed by atoms with Crippen LogP contribution in [-0.4, -0.2) is 37.9 Å². The number of hydrogen-bond acceptors (Lipinski definition) is 5. The van der Waals surface area contributed by atoms with Crippen LogP contribution in [0.15, 0.2) is 36.5 Å². The number of rotatable bonds is 45. The molecule has 0 saturated carbocycles. The van der Waals surface area contributed by atoms with Crippen molar-refractivity contribution >= 4 is 11.9 Å². The molecule has 0 saturated heterocycles. The molecule has 0 aromatic carbocycles. The Hall–Kier alpha value is -1.88. The fourth-order valence-corrected chi connectivity index (χ4v) is 7.05. The van der Waals surface area contributed by atoms with E-state index in [1.165, 1.54) is 161 Å². The van der Waals surface area contributed by atoms with Crippen molar-refractivity contribution in [1.82, 2.24) is 0 Å². The molecular weight excluding hydrogens is 693 g/mol. The Morgan fingerprint density at radius 3 is 1.29 bits per heavy atom. The largest absolute Gasteiger partial charge is 0.462 e. The van der Waals surface area contributed by atoms with Crippen LogP contribution in [0.1, 0.15) is 252 Å². The topological polar surface area (TPSA) is 61.8 Å². The standard InChI is InChI=1S/C51H94O5/c1-4-7-10-13-16-18-20-22-24-25-26-28-30-32-34-37-40-43-46-54-47-49(56-51(53)45-42-39-35-15-12-9-6-3)48-55-50(52)44-41-38-36-33-31-29-27-23-21-19-17-14-11-8-5-2/h7,10,16,18,22,24,49H,4-6,8-9,11-15,17,19-21,23,25-48H2,1-3H3/b10-7-,18-16-,24-22-. The molecule has 0 aromatic heterocycles. The van der Waals surface area contributed by atoms with Crippen molar-refractivity contribution < 1.29 is 23.8 Å². The van der Waals surface area contributed by atoms with Crippen LogP contribution in [0, 0.1) is 0 Å². The average Bonchev–Trinajstić information content (AvgIpc) is 3.20. The third kappa shape index (κ3) is 44.8. The molecule has 0 amide bonds. The average molecular weight is 787 g/mol. The maximum atomic E-state index is 12.6. The fourth-order valence-electron chi connectivity index (χ4n) is 7.05. The van der Waals surface area contributed by atoms with E-state index in [4.69, 9.17) is 14.2 Å². The zero-order chi connectivity index (χ0) is 40.7. The Bertz CT molecular complexity index is 893. The summed E-state index contributed by atoms with van der Waals surface area (Å²) in [6.07, 6.45) is 55.9. The van der Waals surface area contributed by atoms with Crippen molar-refractivity contribution in [3.63, 3.8) is 0 Å². The van der Waals surface area contributed by atoms with Gasteiger partial charge in [-0.25, -0.2) is 0 Å². The molecule has 0 bridgehead atoms. The lowest BCUT2D eigenvalue weighted by atomic mass is 10.0. The van der Waals surface area contributed by atoms with E-state index in [9.17, 15) is 9.59 Å². The number of allylic oxidation sites excluding steroid dienone is 6. The zero-order valence-electron chi connectivity index (χ0n) is 37.7. The predicted octanol–water partition coefficient (Wildman–Crippen LogP) is 16.2. The van der Waals surface area contributed by atoms with Gasteiger partial charge in [-0.1, -0.05) is 224 Å². The van der Waals surface area contributed by atoms with Crippen LogP contribution in [0.25, 0.3) is 0 Å². The minimum absolute atomic E-state index is 0.0874. The van der Waals surface area contributed by atoms with Crippen LogP contribution < -0.4 is 0 Å². The van der Waals surface area contributed by atoms with E-state index in [0.717, 1.165) is 57.8 Å². The van der Waals surface area contributed by atoms with Crippen LogP contribution in [-0.2, 0) is 23.8 Å². The van der Waals surface area contributed by atoms with E-state index in [2.05, 4.69) is 57.2 Å². The minimum Gasteiger partial charge on any atom is -0.462 e. The summed E-state index contributed by atoms with van der Waals surface area (Å²) in [5, 5.41) is 0. The Labute approximate surface area is 349 Å². The summed E-state index contributed by atoms with van der Waals surface area (Å²) < 4.78 is 17.3. The molecule has 5 nitrogen and oxygen atoms in total. The normalized spacial score (nSPS) is 12.4. The molecule has 0 radical (unpaired) electrons. The number of carbonyl (C=O) groups is 2. The van der Waals surface area contributed by atoms with Crippen LogP contribution in [0.5, 0.6) is 0 Å². The maximum absolute atomic E-state index is 12.6. The van der Waals surface area contributed by atoms with Crippen molar-refractivity contribution in [2.75, 3.05) is 19.8 Å². The van der Waals surface area contributed by atoms with Gasteiger partial charge in [0.15, 0.2) is 6.10 Å². The summed E-state index contributed by atoms with van der Waals surface area (Å²) in [6.45, 7) is 7.70. The molecule has 328 valence electrons. The van der Waals surface area contributed by atoms with Gasteiger partial charge in [0.2, 0.25) is 0 Å². The molecule has 0 aliphatic heterocycles. The quantitative estimate of drug-likeness (QED) is 0.0349. The molecule has 0 rings (SSSR count). The maximum Gasteiger partial charge on any atom is 0.306 e.